The molecule has 0 bridgehead atoms. The van der Waals surface area contributed by atoms with E-state index in [2.05, 4.69) is 0 Å². The summed E-state index contributed by atoms with van der Waals surface area (Å²) in [5.41, 5.74) is -0.653. The molecule has 5 heteroatoms. The summed E-state index contributed by atoms with van der Waals surface area (Å²) in [4.78, 5) is 26.1. The Bertz CT molecular complexity index is 353. The zero-order chi connectivity index (χ0) is 18.3. The second-order valence-corrected chi connectivity index (χ2v) is 13.5. The van der Waals surface area contributed by atoms with Crippen molar-refractivity contribution in [3.8, 4) is 0 Å². The second-order valence-electron chi connectivity index (χ2n) is 8.23. The lowest BCUT2D eigenvalue weighted by Crippen LogP contribution is -2.65. The van der Waals surface area contributed by atoms with E-state index in [4.69, 9.17) is 9.47 Å². The van der Waals surface area contributed by atoms with Crippen LogP contribution in [0.2, 0.25) is 10.1 Å². The SMILES string of the molecule is CCCCOC(=O)[Si](C(=O)OCCCC)(C(C)(C)C)C(C)(C)C. The zero-order valence-electron chi connectivity index (χ0n) is 16.4. The first-order valence-electron chi connectivity index (χ1n) is 8.81. The highest BCUT2D eigenvalue weighted by atomic mass is 28.3. The van der Waals surface area contributed by atoms with Crippen LogP contribution in [-0.4, -0.2) is 32.5 Å². The summed E-state index contributed by atoms with van der Waals surface area (Å²) in [6, 6.07) is 0. The third kappa shape index (κ3) is 5.06. The zero-order valence-corrected chi connectivity index (χ0v) is 17.4. The molecule has 0 aromatic heterocycles. The monoisotopic (exact) mass is 344 g/mol. The van der Waals surface area contributed by atoms with Crippen molar-refractivity contribution in [2.24, 2.45) is 0 Å². The van der Waals surface area contributed by atoms with Gasteiger partial charge in [0, 0.05) is 0 Å². The van der Waals surface area contributed by atoms with Crippen molar-refractivity contribution in [2.45, 2.75) is 91.1 Å². The molecular weight excluding hydrogens is 308 g/mol. The maximum absolute atomic E-state index is 13.0. The molecular formula is C18H36O4Si. The molecule has 0 aromatic carbocycles. The van der Waals surface area contributed by atoms with Gasteiger partial charge in [-0.15, -0.1) is 0 Å². The molecule has 23 heavy (non-hydrogen) atoms. The quantitative estimate of drug-likeness (QED) is 0.396. The van der Waals surface area contributed by atoms with Crippen LogP contribution in [0.1, 0.15) is 81.1 Å². The largest absolute Gasteiger partial charge is 0.470 e. The van der Waals surface area contributed by atoms with Crippen molar-refractivity contribution in [2.75, 3.05) is 13.2 Å². The minimum absolute atomic E-state index is 0.326. The van der Waals surface area contributed by atoms with Crippen LogP contribution in [0.25, 0.3) is 0 Å². The minimum atomic E-state index is -3.23. The van der Waals surface area contributed by atoms with E-state index in [-0.39, 0.29) is 11.2 Å². The standard InChI is InChI=1S/C18H36O4Si/c1-9-11-13-21-15(19)23(17(3,4)5,18(6,7)8)16(20)22-14-12-10-2/h9-14H2,1-8H3. The first kappa shape index (κ1) is 22.2. The van der Waals surface area contributed by atoms with Crippen molar-refractivity contribution in [1.29, 1.82) is 0 Å². The van der Waals surface area contributed by atoms with Crippen molar-refractivity contribution >= 4 is 19.3 Å². The molecule has 0 spiro atoms. The number of hydrogen-bond donors (Lipinski definition) is 0. The number of rotatable bonds is 8. The van der Waals surface area contributed by atoms with Crippen molar-refractivity contribution in [3.05, 3.63) is 0 Å². The van der Waals surface area contributed by atoms with Crippen LogP contribution in [0.4, 0.5) is 9.59 Å². The average Bonchev–Trinajstić information content (AvgIpc) is 2.36. The molecule has 0 unspecified atom stereocenters. The van der Waals surface area contributed by atoms with Crippen molar-refractivity contribution < 1.29 is 19.1 Å². The van der Waals surface area contributed by atoms with E-state index in [9.17, 15) is 9.59 Å². The third-order valence-electron chi connectivity index (χ3n) is 4.32. The van der Waals surface area contributed by atoms with Crippen LogP contribution < -0.4 is 0 Å². The van der Waals surface area contributed by atoms with Gasteiger partial charge in [-0.25, -0.2) is 0 Å². The fourth-order valence-electron chi connectivity index (χ4n) is 3.27. The smallest absolute Gasteiger partial charge is 0.322 e. The molecule has 0 saturated carbocycles. The van der Waals surface area contributed by atoms with E-state index in [1.807, 2.05) is 55.4 Å². The van der Waals surface area contributed by atoms with Crippen LogP contribution >= 0.6 is 0 Å². The fraction of sp³-hybridized carbons (Fsp3) is 0.889. The molecule has 0 N–H and O–H groups in total. The summed E-state index contributed by atoms with van der Waals surface area (Å²) in [7, 11) is -3.23. The minimum Gasteiger partial charge on any atom is -0.470 e. The molecule has 0 aliphatic heterocycles. The average molecular weight is 345 g/mol. The molecule has 0 aromatic rings. The van der Waals surface area contributed by atoms with E-state index < -0.39 is 18.2 Å². The summed E-state index contributed by atoms with van der Waals surface area (Å²) < 4.78 is 11.1. The van der Waals surface area contributed by atoms with Crippen LogP contribution in [0.5, 0.6) is 0 Å². The van der Waals surface area contributed by atoms with Gasteiger partial charge in [-0.3, -0.25) is 9.59 Å². The lowest BCUT2D eigenvalue weighted by Gasteiger charge is -2.45. The lowest BCUT2D eigenvalue weighted by atomic mass is 10.2. The first-order valence-corrected chi connectivity index (χ1v) is 10.8. The normalized spacial score (nSPS) is 12.9. The molecule has 136 valence electrons. The molecule has 0 rings (SSSR count). The number of carbonyl (C=O) groups is 2. The van der Waals surface area contributed by atoms with Gasteiger partial charge in [0.1, 0.15) is 0 Å². The van der Waals surface area contributed by atoms with E-state index in [1.54, 1.807) is 0 Å². The molecule has 0 amide bonds. The Balaban J connectivity index is 5.72. The van der Waals surface area contributed by atoms with Crippen LogP contribution in [0.15, 0.2) is 0 Å². The van der Waals surface area contributed by atoms with Gasteiger partial charge < -0.3 is 9.47 Å². The topological polar surface area (TPSA) is 52.6 Å². The predicted octanol–water partition coefficient (Wildman–Crippen LogP) is 6.07. The highest BCUT2D eigenvalue weighted by Crippen LogP contribution is 2.52. The predicted molar refractivity (Wildman–Crippen MR) is 97.7 cm³/mol. The van der Waals surface area contributed by atoms with Gasteiger partial charge in [-0.1, -0.05) is 68.2 Å². The Kier molecular flexibility index (Phi) is 8.53. The summed E-state index contributed by atoms with van der Waals surface area (Å²) >= 11 is 0. The molecule has 0 aliphatic rings. The van der Waals surface area contributed by atoms with Crippen LogP contribution in [-0.2, 0) is 9.47 Å². The molecule has 0 fully saturated rings. The van der Waals surface area contributed by atoms with Gasteiger partial charge in [-0.05, 0) is 22.9 Å². The summed E-state index contributed by atoms with van der Waals surface area (Å²) in [5.74, 6) is 0. The van der Waals surface area contributed by atoms with E-state index in [1.165, 1.54) is 0 Å². The Morgan fingerprint density at radius 3 is 1.26 bits per heavy atom. The molecule has 0 radical (unpaired) electrons. The molecule has 0 atom stereocenters. The Morgan fingerprint density at radius 2 is 1.04 bits per heavy atom. The van der Waals surface area contributed by atoms with Crippen LogP contribution in [0.3, 0.4) is 0 Å². The van der Waals surface area contributed by atoms with Gasteiger partial charge in [0.25, 0.3) is 11.2 Å². The number of unbranched alkanes of at least 4 members (excludes halogenated alkanes) is 2. The summed E-state index contributed by atoms with van der Waals surface area (Å²) in [6.45, 7) is 16.6. The Morgan fingerprint density at radius 1 is 0.739 bits per heavy atom. The van der Waals surface area contributed by atoms with Gasteiger partial charge in [0.15, 0.2) is 0 Å². The van der Waals surface area contributed by atoms with Gasteiger partial charge >= 0.3 is 8.07 Å². The number of ether oxygens (including phenoxy) is 2. The fourth-order valence-corrected chi connectivity index (χ4v) is 8.77. The summed E-state index contributed by atoms with van der Waals surface area (Å²) in [5, 5.41) is -0.949. The van der Waals surface area contributed by atoms with Crippen LogP contribution in [0, 0.1) is 0 Å². The molecule has 0 saturated heterocycles. The number of hydrogen-bond acceptors (Lipinski definition) is 4. The lowest BCUT2D eigenvalue weighted by molar-refractivity contribution is 0.154. The van der Waals surface area contributed by atoms with Crippen molar-refractivity contribution in [3.63, 3.8) is 0 Å². The summed E-state index contributed by atoms with van der Waals surface area (Å²) in [6.07, 6.45) is 3.53. The maximum Gasteiger partial charge on any atom is 0.322 e. The van der Waals surface area contributed by atoms with E-state index in [0.717, 1.165) is 25.7 Å². The Hall–Kier alpha value is -0.843. The van der Waals surface area contributed by atoms with Gasteiger partial charge in [0.05, 0.1) is 13.2 Å². The Labute approximate surface area is 143 Å². The molecule has 4 nitrogen and oxygen atoms in total. The van der Waals surface area contributed by atoms with Gasteiger partial charge in [-0.2, -0.15) is 0 Å². The van der Waals surface area contributed by atoms with Crippen molar-refractivity contribution in [1.82, 2.24) is 0 Å². The highest BCUT2D eigenvalue weighted by molar-refractivity contribution is 7.26. The highest BCUT2D eigenvalue weighted by Gasteiger charge is 2.68. The molecule has 0 aliphatic carbocycles. The number of carbonyl (C=O) groups excluding carboxylic acids is 2. The second kappa shape index (κ2) is 8.86. The first-order chi connectivity index (χ1) is 10.5. The third-order valence-corrected chi connectivity index (χ3v) is 10.3. The molecule has 0 heterocycles. The van der Waals surface area contributed by atoms with E-state index in [0.29, 0.717) is 13.2 Å². The maximum atomic E-state index is 13.0. The van der Waals surface area contributed by atoms with Gasteiger partial charge in [0.2, 0.25) is 0 Å². The van der Waals surface area contributed by atoms with E-state index >= 15 is 0 Å².